The number of rotatable bonds is 5. The number of aliphatic hydroxyl groups is 1. The van der Waals surface area contributed by atoms with E-state index in [1.165, 1.54) is 18.6 Å². The van der Waals surface area contributed by atoms with E-state index in [-0.39, 0.29) is 23.7 Å². The van der Waals surface area contributed by atoms with Crippen molar-refractivity contribution < 1.29 is 14.6 Å². The van der Waals surface area contributed by atoms with E-state index in [1.54, 1.807) is 0 Å². The molecule has 1 aliphatic carbocycles. The highest BCUT2D eigenvalue weighted by molar-refractivity contribution is 5.92. The maximum Gasteiger partial charge on any atom is 0.271 e. The molecule has 7 heteroatoms. The Morgan fingerprint density at radius 3 is 2.68 bits per heavy atom. The lowest BCUT2D eigenvalue weighted by Gasteiger charge is -2.29. The maximum atomic E-state index is 12.4. The van der Waals surface area contributed by atoms with Crippen molar-refractivity contribution in [1.82, 2.24) is 20.2 Å². The topological polar surface area (TPSA) is 87.6 Å². The van der Waals surface area contributed by atoms with E-state index < -0.39 is 12.2 Å². The van der Waals surface area contributed by atoms with Gasteiger partial charge in [-0.1, -0.05) is 18.2 Å². The molecule has 7 nitrogen and oxygen atoms in total. The Balaban J connectivity index is 1.72. The van der Waals surface area contributed by atoms with Crippen LogP contribution in [0.5, 0.6) is 5.75 Å². The van der Waals surface area contributed by atoms with Crippen molar-refractivity contribution in [3.63, 3.8) is 0 Å². The lowest BCUT2D eigenvalue weighted by molar-refractivity contribution is 0.0210. The summed E-state index contributed by atoms with van der Waals surface area (Å²) in [5, 5.41) is 13.6. The monoisotopic (exact) mass is 342 g/mol. The van der Waals surface area contributed by atoms with Crippen LogP contribution in [0.3, 0.4) is 0 Å². The molecule has 0 radical (unpaired) electrons. The fourth-order valence-electron chi connectivity index (χ4n) is 3.25. The van der Waals surface area contributed by atoms with Crippen molar-refractivity contribution in [2.24, 2.45) is 0 Å². The highest BCUT2D eigenvalue weighted by atomic mass is 16.5. The standard InChI is InChI=1S/C18H22N4O3/c1-22(2)16-13(21-18(24)14-11-19-8-9-20-14)10-15(17(16)23)25-12-6-4-3-5-7-12/h3-9,11,13,15-17,23H,10H2,1-2H3,(H,21,24)/t13-,15-,16+,17+/m1/s1. The number of carbonyl (C=O) groups is 1. The fraction of sp³-hybridized carbons (Fsp3) is 0.389. The third-order valence-electron chi connectivity index (χ3n) is 4.37. The summed E-state index contributed by atoms with van der Waals surface area (Å²) < 4.78 is 5.93. The first-order valence-corrected chi connectivity index (χ1v) is 8.19. The molecular formula is C18H22N4O3. The zero-order valence-electron chi connectivity index (χ0n) is 14.2. The molecule has 1 fully saturated rings. The summed E-state index contributed by atoms with van der Waals surface area (Å²) in [6.45, 7) is 0. The van der Waals surface area contributed by atoms with Gasteiger partial charge in [0.15, 0.2) is 0 Å². The van der Waals surface area contributed by atoms with E-state index in [2.05, 4.69) is 15.3 Å². The highest BCUT2D eigenvalue weighted by Crippen LogP contribution is 2.28. The average molecular weight is 342 g/mol. The number of ether oxygens (including phenoxy) is 1. The Bertz CT molecular complexity index is 696. The van der Waals surface area contributed by atoms with E-state index in [0.717, 1.165) is 0 Å². The van der Waals surface area contributed by atoms with E-state index in [1.807, 2.05) is 49.3 Å². The van der Waals surface area contributed by atoms with Gasteiger partial charge >= 0.3 is 0 Å². The number of aliphatic hydroxyl groups excluding tert-OH is 1. The first-order chi connectivity index (χ1) is 12.1. The van der Waals surface area contributed by atoms with Gasteiger partial charge in [0.1, 0.15) is 23.7 Å². The molecule has 0 bridgehead atoms. The summed E-state index contributed by atoms with van der Waals surface area (Å²) in [4.78, 5) is 22.2. The highest BCUT2D eigenvalue weighted by Gasteiger charge is 2.45. The molecule has 1 aromatic carbocycles. The Morgan fingerprint density at radius 2 is 2.04 bits per heavy atom. The molecule has 4 atom stereocenters. The lowest BCUT2D eigenvalue weighted by atomic mass is 10.1. The van der Waals surface area contributed by atoms with Crippen molar-refractivity contribution in [2.45, 2.75) is 30.7 Å². The smallest absolute Gasteiger partial charge is 0.271 e. The first kappa shape index (κ1) is 17.3. The molecule has 1 aromatic heterocycles. The number of nitrogens with one attached hydrogen (secondary N) is 1. The van der Waals surface area contributed by atoms with Crippen LogP contribution in [0.2, 0.25) is 0 Å². The number of carbonyl (C=O) groups excluding carboxylic acids is 1. The van der Waals surface area contributed by atoms with Crippen LogP contribution < -0.4 is 10.1 Å². The van der Waals surface area contributed by atoms with Crippen LogP contribution in [0.25, 0.3) is 0 Å². The van der Waals surface area contributed by atoms with E-state index >= 15 is 0 Å². The SMILES string of the molecule is CN(C)[C@@H]1[C@@H](O)[C@H](Oc2ccccc2)C[C@H]1NC(=O)c1cnccn1. The van der Waals surface area contributed by atoms with Gasteiger partial charge in [0.25, 0.3) is 5.91 Å². The van der Waals surface area contributed by atoms with Crippen molar-refractivity contribution in [2.75, 3.05) is 14.1 Å². The lowest BCUT2D eigenvalue weighted by Crippen LogP contribution is -2.50. The zero-order chi connectivity index (χ0) is 17.8. The predicted octanol–water partition coefficient (Wildman–Crippen LogP) is 0.717. The quantitative estimate of drug-likeness (QED) is 0.832. The van der Waals surface area contributed by atoms with E-state index in [0.29, 0.717) is 12.2 Å². The third-order valence-corrected chi connectivity index (χ3v) is 4.37. The molecular weight excluding hydrogens is 320 g/mol. The van der Waals surface area contributed by atoms with Gasteiger partial charge in [-0.2, -0.15) is 0 Å². The Kier molecular flexibility index (Phi) is 5.25. The van der Waals surface area contributed by atoms with E-state index in [9.17, 15) is 9.90 Å². The second-order valence-corrected chi connectivity index (χ2v) is 6.32. The van der Waals surface area contributed by atoms with Crippen molar-refractivity contribution >= 4 is 5.91 Å². The molecule has 0 saturated heterocycles. The number of hydrogen-bond acceptors (Lipinski definition) is 6. The average Bonchev–Trinajstić information content (AvgIpc) is 2.92. The summed E-state index contributed by atoms with van der Waals surface area (Å²) in [5.74, 6) is 0.391. The number of amides is 1. The van der Waals surface area contributed by atoms with Gasteiger partial charge in [0.05, 0.1) is 18.3 Å². The predicted molar refractivity (Wildman–Crippen MR) is 92.2 cm³/mol. The number of nitrogens with zero attached hydrogens (tertiary/aromatic N) is 3. The second kappa shape index (κ2) is 7.58. The van der Waals surface area contributed by atoms with Gasteiger partial charge < -0.3 is 20.1 Å². The van der Waals surface area contributed by atoms with Crippen LogP contribution in [0.4, 0.5) is 0 Å². The van der Waals surface area contributed by atoms with Crippen LogP contribution in [-0.2, 0) is 0 Å². The molecule has 0 aliphatic heterocycles. The maximum absolute atomic E-state index is 12.4. The van der Waals surface area contributed by atoms with Gasteiger partial charge in [0, 0.05) is 18.8 Å². The van der Waals surface area contributed by atoms with Gasteiger partial charge in [-0.3, -0.25) is 9.78 Å². The Morgan fingerprint density at radius 1 is 1.28 bits per heavy atom. The van der Waals surface area contributed by atoms with E-state index in [4.69, 9.17) is 4.74 Å². The minimum atomic E-state index is -0.720. The zero-order valence-corrected chi connectivity index (χ0v) is 14.2. The molecule has 132 valence electrons. The number of hydrogen-bond donors (Lipinski definition) is 2. The Hall–Kier alpha value is -2.51. The minimum Gasteiger partial charge on any atom is -0.488 e. The van der Waals surface area contributed by atoms with Crippen LogP contribution in [0, 0.1) is 0 Å². The second-order valence-electron chi connectivity index (χ2n) is 6.32. The molecule has 1 amide bonds. The molecule has 1 saturated carbocycles. The van der Waals surface area contributed by atoms with Gasteiger partial charge in [-0.25, -0.2) is 4.98 Å². The van der Waals surface area contributed by atoms with Crippen molar-refractivity contribution in [3.05, 3.63) is 54.6 Å². The Labute approximate surface area is 146 Å². The molecule has 2 aromatic rings. The third kappa shape index (κ3) is 3.94. The molecule has 1 heterocycles. The number of benzene rings is 1. The molecule has 3 rings (SSSR count). The summed E-state index contributed by atoms with van der Waals surface area (Å²) in [6, 6.07) is 8.86. The van der Waals surface area contributed by atoms with Crippen molar-refractivity contribution in [3.8, 4) is 5.75 Å². The van der Waals surface area contributed by atoms with Crippen molar-refractivity contribution in [1.29, 1.82) is 0 Å². The van der Waals surface area contributed by atoms with Crippen LogP contribution >= 0.6 is 0 Å². The molecule has 0 spiro atoms. The molecule has 25 heavy (non-hydrogen) atoms. The fourth-order valence-corrected chi connectivity index (χ4v) is 3.25. The summed E-state index contributed by atoms with van der Waals surface area (Å²) in [6.07, 6.45) is 3.80. The number of likely N-dealkylation sites (N-methyl/N-ethyl adjacent to an activating group) is 1. The molecule has 2 N–H and O–H groups in total. The minimum absolute atomic E-state index is 0.252. The summed E-state index contributed by atoms with van der Waals surface area (Å²) in [5.41, 5.74) is 0.252. The van der Waals surface area contributed by atoms with Crippen LogP contribution in [-0.4, -0.2) is 64.3 Å². The number of aromatic nitrogens is 2. The summed E-state index contributed by atoms with van der Waals surface area (Å²) in [7, 11) is 3.75. The first-order valence-electron chi connectivity index (χ1n) is 8.19. The number of para-hydroxylation sites is 1. The van der Waals surface area contributed by atoms with Crippen LogP contribution in [0.1, 0.15) is 16.9 Å². The van der Waals surface area contributed by atoms with Gasteiger partial charge in [-0.15, -0.1) is 0 Å². The largest absolute Gasteiger partial charge is 0.488 e. The summed E-state index contributed by atoms with van der Waals surface area (Å²) >= 11 is 0. The van der Waals surface area contributed by atoms with Gasteiger partial charge in [-0.05, 0) is 26.2 Å². The van der Waals surface area contributed by atoms with Crippen LogP contribution in [0.15, 0.2) is 48.9 Å². The molecule has 0 unspecified atom stereocenters. The normalized spacial score (nSPS) is 25.8. The van der Waals surface area contributed by atoms with Gasteiger partial charge in [0.2, 0.25) is 0 Å². The molecule has 1 aliphatic rings.